The van der Waals surface area contributed by atoms with Crippen LogP contribution in [0.25, 0.3) is 0 Å². The van der Waals surface area contributed by atoms with Crippen LogP contribution in [-0.2, 0) is 9.53 Å². The SMILES string of the molecule is CC(C)CN1CC2(CNC(=O)CO2)C1. The first-order valence-electron chi connectivity index (χ1n) is 5.23. The largest absolute Gasteiger partial charge is 0.361 e. The summed E-state index contributed by atoms with van der Waals surface area (Å²) in [5.41, 5.74) is -0.0667. The molecule has 0 aromatic heterocycles. The summed E-state index contributed by atoms with van der Waals surface area (Å²) < 4.78 is 5.57. The molecule has 80 valence electrons. The molecule has 4 heteroatoms. The lowest BCUT2D eigenvalue weighted by Crippen LogP contribution is -2.70. The Morgan fingerprint density at radius 2 is 2.29 bits per heavy atom. The zero-order chi connectivity index (χ0) is 10.2. The number of ether oxygens (including phenoxy) is 1. The molecule has 0 saturated carbocycles. The van der Waals surface area contributed by atoms with E-state index in [4.69, 9.17) is 4.74 Å². The lowest BCUT2D eigenvalue weighted by molar-refractivity contribution is -0.173. The summed E-state index contributed by atoms with van der Waals surface area (Å²) in [6.07, 6.45) is 0. The summed E-state index contributed by atoms with van der Waals surface area (Å²) in [5.74, 6) is 0.712. The number of nitrogens with zero attached hydrogens (tertiary/aromatic N) is 1. The van der Waals surface area contributed by atoms with E-state index in [2.05, 4.69) is 24.1 Å². The molecule has 0 aliphatic carbocycles. The number of nitrogens with one attached hydrogen (secondary N) is 1. The third-order valence-corrected chi connectivity index (χ3v) is 2.76. The lowest BCUT2D eigenvalue weighted by atomic mass is 9.91. The highest BCUT2D eigenvalue weighted by molar-refractivity contribution is 5.78. The fourth-order valence-corrected chi connectivity index (χ4v) is 2.20. The van der Waals surface area contributed by atoms with Gasteiger partial charge in [0.25, 0.3) is 0 Å². The Morgan fingerprint density at radius 1 is 1.57 bits per heavy atom. The molecule has 0 unspecified atom stereocenters. The van der Waals surface area contributed by atoms with Crippen LogP contribution in [0, 0.1) is 5.92 Å². The third kappa shape index (κ3) is 1.91. The molecule has 2 heterocycles. The number of likely N-dealkylation sites (tertiary alicyclic amines) is 1. The molecular formula is C10H18N2O2. The van der Waals surface area contributed by atoms with E-state index in [1.165, 1.54) is 0 Å². The van der Waals surface area contributed by atoms with Crippen molar-refractivity contribution in [2.24, 2.45) is 5.92 Å². The van der Waals surface area contributed by atoms with Gasteiger partial charge < -0.3 is 10.1 Å². The predicted molar refractivity (Wildman–Crippen MR) is 53.0 cm³/mol. The number of carbonyl (C=O) groups is 1. The molecule has 1 amide bonds. The van der Waals surface area contributed by atoms with Crippen molar-refractivity contribution in [1.82, 2.24) is 10.2 Å². The van der Waals surface area contributed by atoms with Crippen molar-refractivity contribution in [3.63, 3.8) is 0 Å². The Morgan fingerprint density at radius 3 is 2.79 bits per heavy atom. The minimum Gasteiger partial charge on any atom is -0.361 e. The average Bonchev–Trinajstić information content (AvgIpc) is 2.05. The molecular weight excluding hydrogens is 180 g/mol. The smallest absolute Gasteiger partial charge is 0.246 e. The van der Waals surface area contributed by atoms with Crippen LogP contribution >= 0.6 is 0 Å². The molecule has 14 heavy (non-hydrogen) atoms. The summed E-state index contributed by atoms with van der Waals surface area (Å²) in [6.45, 7) is 8.40. The van der Waals surface area contributed by atoms with Crippen LogP contribution < -0.4 is 5.32 Å². The van der Waals surface area contributed by atoms with Gasteiger partial charge in [-0.25, -0.2) is 0 Å². The van der Waals surface area contributed by atoms with Gasteiger partial charge in [-0.2, -0.15) is 0 Å². The summed E-state index contributed by atoms with van der Waals surface area (Å²) in [4.78, 5) is 13.3. The van der Waals surface area contributed by atoms with Gasteiger partial charge >= 0.3 is 0 Å². The average molecular weight is 198 g/mol. The van der Waals surface area contributed by atoms with Gasteiger partial charge in [-0.1, -0.05) is 13.8 Å². The van der Waals surface area contributed by atoms with Crippen molar-refractivity contribution in [3.8, 4) is 0 Å². The summed E-state index contributed by atoms with van der Waals surface area (Å²) in [5, 5.41) is 2.86. The predicted octanol–water partition coefficient (Wildman–Crippen LogP) is -0.157. The second-order valence-corrected chi connectivity index (χ2v) is 4.81. The van der Waals surface area contributed by atoms with Crippen LogP contribution in [0.1, 0.15) is 13.8 Å². The Kier molecular flexibility index (Phi) is 2.49. The Balaban J connectivity index is 1.78. The van der Waals surface area contributed by atoms with E-state index in [9.17, 15) is 4.79 Å². The Labute approximate surface area is 84.6 Å². The van der Waals surface area contributed by atoms with E-state index >= 15 is 0 Å². The fourth-order valence-electron chi connectivity index (χ4n) is 2.20. The molecule has 2 saturated heterocycles. The van der Waals surface area contributed by atoms with Crippen molar-refractivity contribution in [2.75, 3.05) is 32.8 Å². The van der Waals surface area contributed by atoms with E-state index in [1.54, 1.807) is 0 Å². The van der Waals surface area contributed by atoms with Crippen LogP contribution in [0.5, 0.6) is 0 Å². The zero-order valence-electron chi connectivity index (χ0n) is 8.88. The first kappa shape index (κ1) is 9.93. The van der Waals surface area contributed by atoms with Gasteiger partial charge in [0, 0.05) is 26.2 Å². The van der Waals surface area contributed by atoms with Gasteiger partial charge in [0.1, 0.15) is 12.2 Å². The maximum atomic E-state index is 10.9. The molecule has 0 aromatic rings. The quantitative estimate of drug-likeness (QED) is 0.670. The summed E-state index contributed by atoms with van der Waals surface area (Å²) >= 11 is 0. The molecule has 2 rings (SSSR count). The standard InChI is InChI=1S/C10H18N2O2/c1-8(2)3-12-6-10(7-12)5-11-9(13)4-14-10/h8H,3-7H2,1-2H3,(H,11,13). The zero-order valence-corrected chi connectivity index (χ0v) is 8.88. The molecule has 1 spiro atoms. The van der Waals surface area contributed by atoms with Crippen LogP contribution in [0.15, 0.2) is 0 Å². The van der Waals surface area contributed by atoms with Crippen molar-refractivity contribution in [2.45, 2.75) is 19.4 Å². The number of carbonyl (C=O) groups excluding carboxylic acids is 1. The Bertz CT molecular complexity index is 222. The monoisotopic (exact) mass is 198 g/mol. The molecule has 0 bridgehead atoms. The van der Waals surface area contributed by atoms with Gasteiger partial charge in [-0.3, -0.25) is 9.69 Å². The normalized spacial score (nSPS) is 26.4. The maximum Gasteiger partial charge on any atom is 0.246 e. The first-order valence-corrected chi connectivity index (χ1v) is 5.23. The van der Waals surface area contributed by atoms with Crippen LogP contribution in [0.4, 0.5) is 0 Å². The van der Waals surface area contributed by atoms with Crippen LogP contribution in [-0.4, -0.2) is 49.2 Å². The highest BCUT2D eigenvalue weighted by Gasteiger charge is 2.46. The highest BCUT2D eigenvalue weighted by atomic mass is 16.5. The molecule has 1 N–H and O–H groups in total. The molecule has 0 atom stereocenters. The van der Waals surface area contributed by atoms with E-state index < -0.39 is 0 Å². The summed E-state index contributed by atoms with van der Waals surface area (Å²) in [7, 11) is 0. The number of amides is 1. The number of morpholine rings is 1. The molecule has 0 aromatic carbocycles. The van der Waals surface area contributed by atoms with Crippen molar-refractivity contribution in [1.29, 1.82) is 0 Å². The van der Waals surface area contributed by atoms with Gasteiger partial charge in [0.05, 0.1) is 0 Å². The van der Waals surface area contributed by atoms with Gasteiger partial charge in [-0.15, -0.1) is 0 Å². The van der Waals surface area contributed by atoms with E-state index in [-0.39, 0.29) is 18.1 Å². The minimum atomic E-state index is -0.0667. The van der Waals surface area contributed by atoms with E-state index in [0.717, 1.165) is 19.6 Å². The third-order valence-electron chi connectivity index (χ3n) is 2.76. The number of hydrogen-bond acceptors (Lipinski definition) is 3. The van der Waals surface area contributed by atoms with Crippen LogP contribution in [0.3, 0.4) is 0 Å². The van der Waals surface area contributed by atoms with Crippen molar-refractivity contribution >= 4 is 5.91 Å². The van der Waals surface area contributed by atoms with Gasteiger partial charge in [-0.05, 0) is 5.92 Å². The van der Waals surface area contributed by atoms with Gasteiger partial charge in [0.2, 0.25) is 5.91 Å². The van der Waals surface area contributed by atoms with E-state index in [0.29, 0.717) is 12.5 Å². The minimum absolute atomic E-state index is 0.0120. The maximum absolute atomic E-state index is 10.9. The number of rotatable bonds is 2. The van der Waals surface area contributed by atoms with Gasteiger partial charge in [0.15, 0.2) is 0 Å². The lowest BCUT2D eigenvalue weighted by Gasteiger charge is -2.51. The molecule has 2 fully saturated rings. The van der Waals surface area contributed by atoms with Crippen molar-refractivity contribution < 1.29 is 9.53 Å². The number of hydrogen-bond donors (Lipinski definition) is 1. The van der Waals surface area contributed by atoms with Crippen LogP contribution in [0.2, 0.25) is 0 Å². The second kappa shape index (κ2) is 3.51. The fraction of sp³-hybridized carbons (Fsp3) is 0.900. The topological polar surface area (TPSA) is 41.6 Å². The molecule has 2 aliphatic rings. The molecule has 4 nitrogen and oxygen atoms in total. The first-order chi connectivity index (χ1) is 6.60. The van der Waals surface area contributed by atoms with E-state index in [1.807, 2.05) is 0 Å². The summed E-state index contributed by atoms with van der Waals surface area (Å²) in [6, 6.07) is 0. The molecule has 0 radical (unpaired) electrons. The van der Waals surface area contributed by atoms with Crippen molar-refractivity contribution in [3.05, 3.63) is 0 Å². The molecule has 2 aliphatic heterocycles. The highest BCUT2D eigenvalue weighted by Crippen LogP contribution is 2.26. The Hall–Kier alpha value is -0.610. The second-order valence-electron chi connectivity index (χ2n) is 4.81.